The van der Waals surface area contributed by atoms with Gasteiger partial charge in [-0.1, -0.05) is 41.5 Å². The van der Waals surface area contributed by atoms with Crippen LogP contribution in [-0.4, -0.2) is 36.5 Å². The minimum Gasteiger partial charge on any atom is -0.386 e. The fraction of sp³-hybridized carbons (Fsp3) is 1.00. The summed E-state index contributed by atoms with van der Waals surface area (Å²) >= 11 is 0. The second-order valence-corrected chi connectivity index (χ2v) is 8.29. The van der Waals surface area contributed by atoms with Crippen molar-refractivity contribution in [2.45, 2.75) is 71.9 Å². The summed E-state index contributed by atoms with van der Waals surface area (Å²) in [5.41, 5.74) is -2.15. The van der Waals surface area contributed by atoms with Crippen molar-refractivity contribution in [2.24, 2.45) is 22.2 Å². The Balaban J connectivity index is 2.24. The zero-order chi connectivity index (χ0) is 15.4. The van der Waals surface area contributed by atoms with Gasteiger partial charge in [0, 0.05) is 22.2 Å². The van der Waals surface area contributed by atoms with Gasteiger partial charge in [-0.25, -0.2) is 0 Å². The molecule has 0 radical (unpaired) electrons. The van der Waals surface area contributed by atoms with Crippen molar-refractivity contribution in [3.05, 3.63) is 0 Å². The maximum atomic E-state index is 7.82. The second-order valence-electron chi connectivity index (χ2n) is 8.29. The summed E-state index contributed by atoms with van der Waals surface area (Å²) in [6.45, 7) is 14.8. The summed E-state index contributed by atoms with van der Waals surface area (Å²) in [7, 11) is 0. The molecule has 3 rings (SSSR count). The van der Waals surface area contributed by atoms with Crippen LogP contribution in [0.1, 0.15) is 48.5 Å². The number of ether oxygens (including phenoxy) is 1. The van der Waals surface area contributed by atoms with Crippen LogP contribution < -0.4 is 0 Å². The highest BCUT2D eigenvalue weighted by atomic mass is 16.5. The molecule has 0 aromatic heterocycles. The molecule has 0 aromatic rings. The Morgan fingerprint density at radius 2 is 1.56 bits per heavy atom. The van der Waals surface area contributed by atoms with E-state index in [1.54, 1.807) is 0 Å². The highest BCUT2D eigenvalue weighted by molar-refractivity contribution is 5.41. The summed E-state index contributed by atoms with van der Waals surface area (Å²) < 4.78 is 21.7. The fourth-order valence-electron chi connectivity index (χ4n) is 5.58. The molecule has 1 saturated heterocycles. The molecule has 0 bridgehead atoms. The molecule has 2 aliphatic carbocycles. The molecular weight excluding hydrogens is 228 g/mol. The second kappa shape index (κ2) is 2.68. The number of hydrogen-bond acceptors (Lipinski definition) is 3. The van der Waals surface area contributed by atoms with Crippen LogP contribution >= 0.6 is 0 Å². The molecule has 3 fully saturated rings. The Hall–Kier alpha value is -0.120. The van der Waals surface area contributed by atoms with Crippen LogP contribution in [0.4, 0.5) is 0 Å². The van der Waals surface area contributed by atoms with Crippen molar-refractivity contribution in [2.75, 3.05) is 0 Å². The lowest BCUT2D eigenvalue weighted by molar-refractivity contribution is -0.164. The largest absolute Gasteiger partial charge is 0.386 e. The van der Waals surface area contributed by atoms with Crippen molar-refractivity contribution in [3.8, 4) is 0 Å². The van der Waals surface area contributed by atoms with Gasteiger partial charge >= 0.3 is 0 Å². The molecular formula is C15H26O3. The van der Waals surface area contributed by atoms with Gasteiger partial charge in [0.05, 0.1) is 6.10 Å². The van der Waals surface area contributed by atoms with E-state index in [1.165, 1.54) is 0 Å². The molecule has 18 heavy (non-hydrogen) atoms. The van der Waals surface area contributed by atoms with E-state index < -0.39 is 11.2 Å². The van der Waals surface area contributed by atoms with E-state index in [4.69, 9.17) is 17.8 Å². The third-order valence-corrected chi connectivity index (χ3v) is 6.83. The summed E-state index contributed by atoms with van der Waals surface area (Å²) in [4.78, 5) is 0. The lowest BCUT2D eigenvalue weighted by Crippen LogP contribution is -2.60. The van der Waals surface area contributed by atoms with Crippen LogP contribution in [0, 0.1) is 22.2 Å². The number of aliphatic hydroxyl groups is 2. The Bertz CT molecular complexity index is 462. The van der Waals surface area contributed by atoms with Crippen LogP contribution in [-0.2, 0) is 4.74 Å². The standard InChI is InChI=1S/C15H26O3/c1-8-11(2,3)15(17)10(18-8)14(16)9(12(14,4)5)13(15,6)7/h8-10,16-17H,1-7H3/t8-,9-,10+,14+,15+/m0/s1/i16T,17T. The third kappa shape index (κ3) is 0.835. The van der Waals surface area contributed by atoms with Gasteiger partial charge < -0.3 is 15.0 Å². The Labute approximate surface area is 113 Å². The highest BCUT2D eigenvalue weighted by Gasteiger charge is 2.93. The maximum absolute atomic E-state index is 7.82. The van der Waals surface area contributed by atoms with E-state index >= 15 is 0 Å². The van der Waals surface area contributed by atoms with Gasteiger partial charge in [0.15, 0.2) is 0 Å². The van der Waals surface area contributed by atoms with Crippen molar-refractivity contribution in [1.82, 2.24) is 0 Å². The summed E-state index contributed by atoms with van der Waals surface area (Å²) in [6, 6.07) is 0. The molecule has 5 atom stereocenters. The molecule has 3 aliphatic rings. The number of fused-ring (bicyclic) bond motifs is 3. The summed E-state index contributed by atoms with van der Waals surface area (Å²) in [5, 5.41) is 10.7. The minimum atomic E-state index is -0.749. The fourth-order valence-corrected chi connectivity index (χ4v) is 5.58. The Kier molecular flexibility index (Phi) is 1.58. The SMILES string of the molecule is [3H]O[C@@]12[C@H]3O[C@@H](C)C(C)(C)[C@@]3(O[3H])C(C)(C)[C@@H]1C2(C)C. The average Bonchev–Trinajstić information content (AvgIpc) is 2.66. The lowest BCUT2D eigenvalue weighted by Gasteiger charge is -2.49. The number of hydrogen-bond donors (Lipinski definition) is 2. The zero-order valence-electron chi connectivity index (χ0n) is 14.5. The molecule has 2 saturated carbocycles. The topological polar surface area (TPSA) is 49.7 Å². The van der Waals surface area contributed by atoms with Crippen LogP contribution in [0.5, 0.6) is 0 Å². The lowest BCUT2D eigenvalue weighted by atomic mass is 9.58. The van der Waals surface area contributed by atoms with Crippen LogP contribution in [0.25, 0.3) is 0 Å². The van der Waals surface area contributed by atoms with Crippen molar-refractivity contribution < 1.29 is 15.0 Å². The van der Waals surface area contributed by atoms with Gasteiger partial charge in [-0.2, -0.15) is 0 Å². The Morgan fingerprint density at radius 3 is 2.06 bits per heavy atom. The smallest absolute Gasteiger partial charge is 0.211 e. The quantitative estimate of drug-likeness (QED) is 0.796. The molecule has 2 N–H and O–H groups in total. The van der Waals surface area contributed by atoms with E-state index in [1.807, 2.05) is 6.92 Å². The number of rotatable bonds is 2. The minimum absolute atomic E-state index is 0.0403. The van der Waals surface area contributed by atoms with E-state index in [2.05, 4.69) is 41.5 Å². The molecule has 0 amide bonds. The first-order chi connectivity index (χ1) is 9.00. The van der Waals surface area contributed by atoms with Crippen LogP contribution in [0.2, 0.25) is 0 Å². The van der Waals surface area contributed by atoms with Gasteiger partial charge in [-0.05, 0) is 6.92 Å². The normalized spacial score (nSPS) is 59.6. The average molecular weight is 258 g/mol. The maximum Gasteiger partial charge on any atom is 0.211 e. The van der Waals surface area contributed by atoms with Crippen LogP contribution in [0.15, 0.2) is 0 Å². The molecule has 3 heteroatoms. The van der Waals surface area contributed by atoms with E-state index in [-0.39, 0.29) is 34.4 Å². The van der Waals surface area contributed by atoms with Crippen molar-refractivity contribution >= 4 is 0 Å². The van der Waals surface area contributed by atoms with Crippen molar-refractivity contribution in [1.29, 1.82) is 2.86 Å². The third-order valence-electron chi connectivity index (χ3n) is 6.83. The summed E-state index contributed by atoms with van der Waals surface area (Å²) in [6.07, 6.45) is -0.411. The Morgan fingerprint density at radius 1 is 0.944 bits per heavy atom. The van der Waals surface area contributed by atoms with Gasteiger partial charge in [0.2, 0.25) is 2.86 Å². The van der Waals surface area contributed by atoms with Gasteiger partial charge in [-0.15, -0.1) is 0 Å². The molecule has 1 aliphatic heterocycles. The van der Waals surface area contributed by atoms with Crippen LogP contribution in [0.3, 0.4) is 0 Å². The first-order valence-corrected chi connectivity index (χ1v) is 6.94. The molecule has 0 aromatic carbocycles. The van der Waals surface area contributed by atoms with Gasteiger partial charge in [0.1, 0.15) is 17.3 Å². The van der Waals surface area contributed by atoms with E-state index in [0.29, 0.717) is 0 Å². The first-order valence-electron chi connectivity index (χ1n) is 7.76. The first kappa shape index (κ1) is 10.6. The van der Waals surface area contributed by atoms with Crippen molar-refractivity contribution in [3.63, 3.8) is 0 Å². The molecule has 1 heterocycles. The highest BCUT2D eigenvalue weighted by Crippen LogP contribution is 2.83. The van der Waals surface area contributed by atoms with Gasteiger partial charge in [-0.3, -0.25) is 0 Å². The molecule has 0 unspecified atom stereocenters. The predicted octanol–water partition coefficient (Wildman–Crippen LogP) is 1.96. The molecule has 0 spiro atoms. The zero-order valence-corrected chi connectivity index (χ0v) is 12.5. The molecule has 3 nitrogen and oxygen atoms in total. The van der Waals surface area contributed by atoms with E-state index in [0.717, 1.165) is 0 Å². The van der Waals surface area contributed by atoms with E-state index in [9.17, 15) is 0 Å². The monoisotopic (exact) mass is 258 g/mol. The molecule has 104 valence electrons. The van der Waals surface area contributed by atoms with Gasteiger partial charge in [0.25, 0.3) is 0 Å². The summed E-state index contributed by atoms with van der Waals surface area (Å²) in [5.74, 6) is 0.155. The predicted molar refractivity (Wildman–Crippen MR) is 69.1 cm³/mol.